The Labute approximate surface area is 150 Å². The number of aliphatic hydroxyl groups is 1. The highest BCUT2D eigenvalue weighted by atomic mass is 35.5. The van der Waals surface area contributed by atoms with E-state index in [0.717, 1.165) is 5.56 Å². The summed E-state index contributed by atoms with van der Waals surface area (Å²) in [6, 6.07) is 5.38. The second-order valence-electron chi connectivity index (χ2n) is 4.68. The van der Waals surface area contributed by atoms with Crippen LogP contribution < -0.4 is 9.47 Å². The van der Waals surface area contributed by atoms with E-state index < -0.39 is 6.29 Å². The zero-order valence-corrected chi connectivity index (χ0v) is 15.2. The molecular weight excluding hydrogens is 352 g/mol. The maximum atomic E-state index is 10.0. The smallest absolute Gasteiger partial charge is 0.226 e. The van der Waals surface area contributed by atoms with Gasteiger partial charge in [0.25, 0.3) is 0 Å². The number of methoxy groups -OCH3 is 1. The average Bonchev–Trinajstić information content (AvgIpc) is 2.60. The summed E-state index contributed by atoms with van der Waals surface area (Å²) in [6.07, 6.45) is 2.23. The number of benzene rings is 1. The first kappa shape index (κ1) is 18.8. The summed E-state index contributed by atoms with van der Waals surface area (Å²) in [4.78, 5) is 8.44. The Morgan fingerprint density at radius 3 is 2.79 bits per heavy atom. The monoisotopic (exact) mass is 370 g/mol. The first-order chi connectivity index (χ1) is 11.6. The summed E-state index contributed by atoms with van der Waals surface area (Å²) >= 11 is 7.50. The molecule has 0 saturated heterocycles. The van der Waals surface area contributed by atoms with Crippen LogP contribution >= 0.6 is 23.4 Å². The molecule has 0 aliphatic heterocycles. The molecule has 1 aromatic carbocycles. The van der Waals surface area contributed by atoms with Crippen LogP contribution in [0.2, 0.25) is 5.02 Å². The molecule has 0 aliphatic rings. The van der Waals surface area contributed by atoms with Gasteiger partial charge in [0.1, 0.15) is 12.4 Å². The lowest BCUT2D eigenvalue weighted by Gasteiger charge is -2.15. The van der Waals surface area contributed by atoms with E-state index >= 15 is 0 Å². The molecule has 24 heavy (non-hydrogen) atoms. The summed E-state index contributed by atoms with van der Waals surface area (Å²) in [5.74, 6) is 0.877. The average molecular weight is 371 g/mol. The van der Waals surface area contributed by atoms with Crippen molar-refractivity contribution < 1.29 is 19.3 Å². The topological polar surface area (TPSA) is 73.7 Å². The number of ether oxygens (including phenoxy) is 3. The van der Waals surface area contributed by atoms with Gasteiger partial charge in [-0.05, 0) is 30.9 Å². The maximum Gasteiger partial charge on any atom is 0.226 e. The molecule has 2 aromatic rings. The lowest BCUT2D eigenvalue weighted by atomic mass is 10.2. The Balaban J connectivity index is 2.19. The van der Waals surface area contributed by atoms with Crippen LogP contribution in [0.25, 0.3) is 0 Å². The Hall–Kier alpha value is -1.54. The molecule has 1 unspecified atom stereocenters. The van der Waals surface area contributed by atoms with E-state index in [1.807, 2.05) is 12.3 Å². The Morgan fingerprint density at radius 1 is 1.38 bits per heavy atom. The normalized spacial score (nSPS) is 12.0. The van der Waals surface area contributed by atoms with Crippen LogP contribution in [0.4, 0.5) is 0 Å². The van der Waals surface area contributed by atoms with Gasteiger partial charge in [0.05, 0.1) is 17.7 Å². The number of nitrogens with zero attached hydrogens (tertiary/aromatic N) is 2. The van der Waals surface area contributed by atoms with Crippen LogP contribution in [0.5, 0.6) is 11.6 Å². The van der Waals surface area contributed by atoms with Gasteiger partial charge in [0, 0.05) is 12.8 Å². The summed E-state index contributed by atoms with van der Waals surface area (Å²) in [5.41, 5.74) is 1.23. The van der Waals surface area contributed by atoms with Crippen molar-refractivity contribution in [2.24, 2.45) is 0 Å². The molecule has 0 amide bonds. The van der Waals surface area contributed by atoms with E-state index in [1.165, 1.54) is 18.0 Å². The summed E-state index contributed by atoms with van der Waals surface area (Å²) in [5, 5.41) is 11.1. The van der Waals surface area contributed by atoms with Crippen molar-refractivity contribution in [1.29, 1.82) is 0 Å². The van der Waals surface area contributed by atoms with Crippen LogP contribution in [0, 0.1) is 0 Å². The minimum atomic E-state index is -1.14. The number of thioether (sulfide) groups is 1. The van der Waals surface area contributed by atoms with Gasteiger partial charge in [-0.25, -0.2) is 4.98 Å². The third kappa shape index (κ3) is 4.73. The number of aromatic nitrogens is 2. The minimum Gasteiger partial charge on any atom is -0.495 e. The van der Waals surface area contributed by atoms with Gasteiger partial charge in [-0.3, -0.25) is 0 Å². The SMILES string of the molecule is CCOC(O)c1cnc(SC)nc1OCc1ccc(OC)c(Cl)c1. The fraction of sp³-hybridized carbons (Fsp3) is 0.375. The van der Waals surface area contributed by atoms with Crippen molar-refractivity contribution in [2.45, 2.75) is 25.0 Å². The molecule has 2 rings (SSSR count). The molecule has 8 heteroatoms. The third-order valence-corrected chi connectivity index (χ3v) is 3.98. The van der Waals surface area contributed by atoms with Gasteiger partial charge < -0.3 is 19.3 Å². The largest absolute Gasteiger partial charge is 0.495 e. The van der Waals surface area contributed by atoms with Crippen molar-refractivity contribution in [3.63, 3.8) is 0 Å². The van der Waals surface area contributed by atoms with E-state index in [2.05, 4.69) is 9.97 Å². The zero-order valence-electron chi connectivity index (χ0n) is 13.7. The maximum absolute atomic E-state index is 10.0. The van der Waals surface area contributed by atoms with E-state index in [-0.39, 0.29) is 12.5 Å². The van der Waals surface area contributed by atoms with E-state index in [0.29, 0.717) is 28.1 Å². The molecule has 0 saturated carbocycles. The summed E-state index contributed by atoms with van der Waals surface area (Å²) in [6.45, 7) is 2.39. The van der Waals surface area contributed by atoms with Crippen molar-refractivity contribution >= 4 is 23.4 Å². The predicted molar refractivity (Wildman–Crippen MR) is 92.7 cm³/mol. The molecule has 0 radical (unpaired) electrons. The standard InChI is InChI=1S/C16H19ClN2O4S/c1-4-22-15(20)11-8-18-16(24-3)19-14(11)23-9-10-5-6-13(21-2)12(17)7-10/h5-8,15,20H,4,9H2,1-3H3. The van der Waals surface area contributed by atoms with Crippen LogP contribution in [0.15, 0.2) is 29.6 Å². The molecular formula is C16H19ClN2O4S. The molecule has 0 bridgehead atoms. The Morgan fingerprint density at radius 2 is 2.17 bits per heavy atom. The van der Waals surface area contributed by atoms with E-state index in [1.54, 1.807) is 26.2 Å². The van der Waals surface area contributed by atoms with Crippen LogP contribution in [0.3, 0.4) is 0 Å². The molecule has 1 heterocycles. The van der Waals surface area contributed by atoms with Crippen molar-refractivity contribution in [3.8, 4) is 11.6 Å². The molecule has 1 aromatic heterocycles. The highest BCUT2D eigenvalue weighted by Crippen LogP contribution is 2.28. The van der Waals surface area contributed by atoms with Gasteiger partial charge in [-0.2, -0.15) is 4.98 Å². The second kappa shape index (κ2) is 9.08. The summed E-state index contributed by atoms with van der Waals surface area (Å²) in [7, 11) is 1.56. The lowest BCUT2D eigenvalue weighted by molar-refractivity contribution is -0.0998. The van der Waals surface area contributed by atoms with Gasteiger partial charge in [-0.15, -0.1) is 0 Å². The number of hydrogen-bond acceptors (Lipinski definition) is 7. The number of aliphatic hydroxyl groups excluding tert-OH is 1. The van der Waals surface area contributed by atoms with Crippen LogP contribution in [0.1, 0.15) is 24.3 Å². The Bertz CT molecular complexity index is 687. The fourth-order valence-electron chi connectivity index (χ4n) is 1.94. The predicted octanol–water partition coefficient (Wildman–Crippen LogP) is 3.47. The molecule has 1 atom stereocenters. The van der Waals surface area contributed by atoms with Crippen molar-refractivity contribution in [2.75, 3.05) is 20.0 Å². The van der Waals surface area contributed by atoms with Gasteiger partial charge in [0.15, 0.2) is 11.4 Å². The fourth-order valence-corrected chi connectivity index (χ4v) is 2.56. The second-order valence-corrected chi connectivity index (χ2v) is 5.86. The van der Waals surface area contributed by atoms with Gasteiger partial charge in [-0.1, -0.05) is 29.4 Å². The van der Waals surface area contributed by atoms with E-state index in [9.17, 15) is 5.11 Å². The summed E-state index contributed by atoms with van der Waals surface area (Å²) < 4.78 is 16.1. The van der Waals surface area contributed by atoms with Crippen LogP contribution in [-0.4, -0.2) is 35.0 Å². The van der Waals surface area contributed by atoms with Gasteiger partial charge >= 0.3 is 0 Å². The van der Waals surface area contributed by atoms with Crippen molar-refractivity contribution in [3.05, 3.63) is 40.5 Å². The highest BCUT2D eigenvalue weighted by molar-refractivity contribution is 7.98. The zero-order chi connectivity index (χ0) is 17.5. The molecule has 0 aliphatic carbocycles. The number of hydrogen-bond donors (Lipinski definition) is 1. The van der Waals surface area contributed by atoms with E-state index in [4.69, 9.17) is 25.8 Å². The highest BCUT2D eigenvalue weighted by Gasteiger charge is 2.17. The molecule has 0 spiro atoms. The molecule has 0 fully saturated rings. The number of rotatable bonds is 8. The third-order valence-electron chi connectivity index (χ3n) is 3.12. The van der Waals surface area contributed by atoms with Gasteiger partial charge in [0.2, 0.25) is 5.88 Å². The molecule has 6 nitrogen and oxygen atoms in total. The molecule has 130 valence electrons. The van der Waals surface area contributed by atoms with Crippen LogP contribution in [-0.2, 0) is 11.3 Å². The molecule has 1 N–H and O–H groups in total. The quantitative estimate of drug-likeness (QED) is 0.433. The Kier molecular flexibility index (Phi) is 7.11. The minimum absolute atomic E-state index is 0.237. The van der Waals surface area contributed by atoms with Crippen molar-refractivity contribution in [1.82, 2.24) is 9.97 Å². The number of halogens is 1. The first-order valence-corrected chi connectivity index (χ1v) is 8.85. The lowest BCUT2D eigenvalue weighted by Crippen LogP contribution is -2.09. The first-order valence-electron chi connectivity index (χ1n) is 7.24.